The van der Waals surface area contributed by atoms with Gasteiger partial charge in [-0.05, 0) is 12.1 Å². The fraction of sp³-hybridized carbons (Fsp3) is 0.150. The smallest absolute Gasteiger partial charge is 0.275 e. The first kappa shape index (κ1) is 19.0. The standard InChI is InChI=1S/C20H18N2O6/c1-25-16-9-18(27-3)17(26-2)8-14(16)20(24)22-21-10-12-11-28-15-7-5-4-6-13(15)19(12)23/h4-11H,1-3H3,(H,22,24). The zero-order valence-corrected chi connectivity index (χ0v) is 15.5. The average molecular weight is 382 g/mol. The summed E-state index contributed by atoms with van der Waals surface area (Å²) < 4.78 is 21.0. The molecule has 8 heteroatoms. The van der Waals surface area contributed by atoms with E-state index in [1.54, 1.807) is 24.3 Å². The molecule has 1 aromatic heterocycles. The number of hydrogen-bond donors (Lipinski definition) is 1. The summed E-state index contributed by atoms with van der Waals surface area (Å²) >= 11 is 0. The predicted octanol–water partition coefficient (Wildman–Crippen LogP) is 2.58. The number of rotatable bonds is 6. The van der Waals surface area contributed by atoms with Gasteiger partial charge < -0.3 is 18.6 Å². The Morgan fingerprint density at radius 1 is 1.04 bits per heavy atom. The lowest BCUT2D eigenvalue weighted by Crippen LogP contribution is -2.19. The topological polar surface area (TPSA) is 99.4 Å². The van der Waals surface area contributed by atoms with Crippen LogP contribution in [0.4, 0.5) is 0 Å². The molecule has 0 spiro atoms. The Morgan fingerprint density at radius 3 is 2.43 bits per heavy atom. The van der Waals surface area contributed by atoms with Gasteiger partial charge in [0.15, 0.2) is 11.5 Å². The van der Waals surface area contributed by atoms with Crippen molar-refractivity contribution in [3.05, 3.63) is 64.0 Å². The molecule has 8 nitrogen and oxygen atoms in total. The number of nitrogens with one attached hydrogen (secondary N) is 1. The lowest BCUT2D eigenvalue weighted by Gasteiger charge is -2.12. The zero-order chi connectivity index (χ0) is 20.1. The number of amides is 1. The number of carbonyl (C=O) groups is 1. The van der Waals surface area contributed by atoms with Crippen molar-refractivity contribution in [2.24, 2.45) is 5.10 Å². The Bertz CT molecular complexity index is 1100. The number of hydrazone groups is 1. The molecule has 0 unspecified atom stereocenters. The second-order valence-electron chi connectivity index (χ2n) is 5.62. The largest absolute Gasteiger partial charge is 0.496 e. The van der Waals surface area contributed by atoms with Crippen molar-refractivity contribution in [1.29, 1.82) is 0 Å². The van der Waals surface area contributed by atoms with Gasteiger partial charge in [-0.2, -0.15) is 5.10 Å². The van der Waals surface area contributed by atoms with E-state index in [1.807, 2.05) is 0 Å². The summed E-state index contributed by atoms with van der Waals surface area (Å²) in [4.78, 5) is 24.9. The van der Waals surface area contributed by atoms with E-state index in [1.165, 1.54) is 45.9 Å². The normalized spacial score (nSPS) is 10.8. The quantitative estimate of drug-likeness (QED) is 0.520. The van der Waals surface area contributed by atoms with Crippen LogP contribution in [0, 0.1) is 0 Å². The molecule has 3 rings (SSSR count). The van der Waals surface area contributed by atoms with Crippen LogP contribution in [-0.2, 0) is 0 Å². The molecular formula is C20H18N2O6. The van der Waals surface area contributed by atoms with Gasteiger partial charge in [0, 0.05) is 12.1 Å². The van der Waals surface area contributed by atoms with Gasteiger partial charge in [-0.15, -0.1) is 0 Å². The number of fused-ring (bicyclic) bond motifs is 1. The van der Waals surface area contributed by atoms with E-state index in [9.17, 15) is 9.59 Å². The third kappa shape index (κ3) is 3.66. The first-order valence-corrected chi connectivity index (χ1v) is 8.23. The Morgan fingerprint density at radius 2 is 1.71 bits per heavy atom. The van der Waals surface area contributed by atoms with Crippen LogP contribution in [-0.4, -0.2) is 33.5 Å². The molecule has 0 saturated heterocycles. The molecule has 0 aliphatic heterocycles. The van der Waals surface area contributed by atoms with E-state index >= 15 is 0 Å². The van der Waals surface area contributed by atoms with E-state index in [4.69, 9.17) is 18.6 Å². The highest BCUT2D eigenvalue weighted by atomic mass is 16.5. The minimum absolute atomic E-state index is 0.197. The fourth-order valence-electron chi connectivity index (χ4n) is 2.61. The molecule has 0 aliphatic carbocycles. The van der Waals surface area contributed by atoms with Crippen molar-refractivity contribution in [2.45, 2.75) is 0 Å². The van der Waals surface area contributed by atoms with Gasteiger partial charge in [0.05, 0.1) is 44.1 Å². The van der Waals surface area contributed by atoms with Gasteiger partial charge in [0.2, 0.25) is 5.43 Å². The van der Waals surface area contributed by atoms with Crippen LogP contribution in [0.1, 0.15) is 15.9 Å². The molecular weight excluding hydrogens is 364 g/mol. The summed E-state index contributed by atoms with van der Waals surface area (Å²) in [5, 5.41) is 4.28. The van der Waals surface area contributed by atoms with Crippen LogP contribution >= 0.6 is 0 Å². The molecule has 1 amide bonds. The Labute approximate surface area is 160 Å². The van der Waals surface area contributed by atoms with Crippen molar-refractivity contribution in [3.63, 3.8) is 0 Å². The maximum absolute atomic E-state index is 12.5. The van der Waals surface area contributed by atoms with Crippen LogP contribution in [0.5, 0.6) is 17.2 Å². The first-order valence-electron chi connectivity index (χ1n) is 8.23. The highest BCUT2D eigenvalue weighted by molar-refractivity contribution is 5.98. The maximum Gasteiger partial charge on any atom is 0.275 e. The third-order valence-corrected chi connectivity index (χ3v) is 4.03. The third-order valence-electron chi connectivity index (χ3n) is 4.03. The molecule has 0 fully saturated rings. The summed E-state index contributed by atoms with van der Waals surface area (Å²) in [5.74, 6) is 0.538. The fourth-order valence-corrected chi connectivity index (χ4v) is 2.61. The minimum atomic E-state index is -0.542. The number of para-hydroxylation sites is 1. The molecule has 2 aromatic carbocycles. The zero-order valence-electron chi connectivity index (χ0n) is 15.5. The summed E-state index contributed by atoms with van der Waals surface area (Å²) in [7, 11) is 4.38. The van der Waals surface area contributed by atoms with Crippen LogP contribution in [0.3, 0.4) is 0 Å². The number of nitrogens with zero attached hydrogens (tertiary/aromatic N) is 1. The molecule has 0 saturated carbocycles. The van der Waals surface area contributed by atoms with Crippen LogP contribution < -0.4 is 25.1 Å². The highest BCUT2D eigenvalue weighted by Crippen LogP contribution is 2.34. The van der Waals surface area contributed by atoms with Crippen molar-refractivity contribution < 1.29 is 23.4 Å². The minimum Gasteiger partial charge on any atom is -0.496 e. The van der Waals surface area contributed by atoms with Gasteiger partial charge in [0.1, 0.15) is 17.6 Å². The van der Waals surface area contributed by atoms with Crippen LogP contribution in [0.2, 0.25) is 0 Å². The molecule has 144 valence electrons. The molecule has 0 aliphatic rings. The Kier molecular flexibility index (Phi) is 5.59. The van der Waals surface area contributed by atoms with Crippen LogP contribution in [0.25, 0.3) is 11.0 Å². The Balaban J connectivity index is 1.84. The number of ether oxygens (including phenoxy) is 3. The molecule has 0 bridgehead atoms. The van der Waals surface area contributed by atoms with Crippen molar-refractivity contribution in [1.82, 2.24) is 5.43 Å². The SMILES string of the molecule is COc1cc(OC)c(C(=O)NN=Cc2coc3ccccc3c2=O)cc1OC. The number of carbonyl (C=O) groups excluding carboxylic acids is 1. The van der Waals surface area contributed by atoms with Crippen molar-refractivity contribution in [2.75, 3.05) is 21.3 Å². The summed E-state index contributed by atoms with van der Waals surface area (Å²) in [6, 6.07) is 9.89. The molecule has 0 atom stereocenters. The van der Waals surface area contributed by atoms with Gasteiger partial charge in [-0.1, -0.05) is 12.1 Å². The summed E-state index contributed by atoms with van der Waals surface area (Å²) in [6.07, 6.45) is 2.51. The van der Waals surface area contributed by atoms with Crippen LogP contribution in [0.15, 0.2) is 57.0 Å². The van der Waals surface area contributed by atoms with Gasteiger partial charge in [-0.25, -0.2) is 5.43 Å². The number of methoxy groups -OCH3 is 3. The maximum atomic E-state index is 12.5. The average Bonchev–Trinajstić information content (AvgIpc) is 2.74. The van der Waals surface area contributed by atoms with Gasteiger partial charge >= 0.3 is 0 Å². The molecule has 0 radical (unpaired) electrons. The van der Waals surface area contributed by atoms with E-state index in [0.29, 0.717) is 22.5 Å². The van der Waals surface area contributed by atoms with Gasteiger partial charge in [-0.3, -0.25) is 9.59 Å². The highest BCUT2D eigenvalue weighted by Gasteiger charge is 2.17. The second kappa shape index (κ2) is 8.26. The molecule has 1 heterocycles. The van der Waals surface area contributed by atoms with E-state index in [2.05, 4.69) is 10.5 Å². The molecule has 3 aromatic rings. The van der Waals surface area contributed by atoms with E-state index in [-0.39, 0.29) is 22.3 Å². The van der Waals surface area contributed by atoms with Crippen molar-refractivity contribution in [3.8, 4) is 17.2 Å². The molecule has 1 N–H and O–H groups in total. The summed E-state index contributed by atoms with van der Waals surface area (Å²) in [5.41, 5.74) is 2.99. The number of benzene rings is 2. The Hall–Kier alpha value is -3.81. The van der Waals surface area contributed by atoms with Gasteiger partial charge in [0.25, 0.3) is 5.91 Å². The lowest BCUT2D eigenvalue weighted by molar-refractivity contribution is 0.0951. The summed E-state index contributed by atoms with van der Waals surface area (Å²) in [6.45, 7) is 0. The van der Waals surface area contributed by atoms with Crippen molar-refractivity contribution >= 4 is 23.1 Å². The molecule has 28 heavy (non-hydrogen) atoms. The monoisotopic (exact) mass is 382 g/mol. The predicted molar refractivity (Wildman–Crippen MR) is 104 cm³/mol. The second-order valence-corrected chi connectivity index (χ2v) is 5.62. The van der Waals surface area contributed by atoms with E-state index in [0.717, 1.165) is 0 Å². The first-order chi connectivity index (χ1) is 13.6. The lowest BCUT2D eigenvalue weighted by atomic mass is 10.1. The van der Waals surface area contributed by atoms with E-state index < -0.39 is 5.91 Å². The number of hydrogen-bond acceptors (Lipinski definition) is 7.